The number of nitrogens with zero attached hydrogens (tertiary/aromatic N) is 4. The molecule has 1 atom stereocenters. The van der Waals surface area contributed by atoms with E-state index in [0.29, 0.717) is 36.5 Å². The molecule has 1 aliphatic rings. The van der Waals surface area contributed by atoms with E-state index in [0.717, 1.165) is 18.4 Å². The predicted octanol–water partition coefficient (Wildman–Crippen LogP) is 2.22. The minimum Gasteiger partial charge on any atom is -0.368 e. The summed E-state index contributed by atoms with van der Waals surface area (Å²) in [6, 6.07) is 9.53. The summed E-state index contributed by atoms with van der Waals surface area (Å²) in [5.74, 6) is 1.68. The smallest absolute Gasteiger partial charge is 0.255 e. The normalized spacial score (nSPS) is 16.5. The first kappa shape index (κ1) is 17.3. The SMILES string of the molecule is O=C(CCc1nc(-c2ccccc2)no1)NCc1noc([C@@H]2CCCO2)n1. The number of benzene rings is 1. The second-order valence-corrected chi connectivity index (χ2v) is 6.20. The molecule has 140 valence electrons. The van der Waals surface area contributed by atoms with Crippen molar-refractivity contribution in [3.05, 3.63) is 47.9 Å². The van der Waals surface area contributed by atoms with E-state index < -0.39 is 0 Å². The molecule has 9 nitrogen and oxygen atoms in total. The third-order valence-electron chi connectivity index (χ3n) is 4.20. The van der Waals surface area contributed by atoms with Gasteiger partial charge in [0.05, 0.1) is 6.54 Å². The zero-order valence-electron chi connectivity index (χ0n) is 14.6. The summed E-state index contributed by atoms with van der Waals surface area (Å²) in [5.41, 5.74) is 0.871. The molecule has 3 aromatic rings. The first-order chi connectivity index (χ1) is 13.3. The molecule has 1 aliphatic heterocycles. The Balaban J connectivity index is 1.24. The lowest BCUT2D eigenvalue weighted by Gasteiger charge is -2.01. The first-order valence-electron chi connectivity index (χ1n) is 8.87. The van der Waals surface area contributed by atoms with Crippen LogP contribution in [0.25, 0.3) is 11.4 Å². The van der Waals surface area contributed by atoms with E-state index in [9.17, 15) is 4.79 Å². The van der Waals surface area contributed by atoms with Crippen LogP contribution >= 0.6 is 0 Å². The lowest BCUT2D eigenvalue weighted by Crippen LogP contribution is -2.23. The molecule has 0 bridgehead atoms. The van der Waals surface area contributed by atoms with Gasteiger partial charge in [-0.05, 0) is 12.8 Å². The minimum atomic E-state index is -0.155. The number of carbonyl (C=O) groups is 1. The number of nitrogens with one attached hydrogen (secondary N) is 1. The van der Waals surface area contributed by atoms with Crippen LogP contribution in [0.5, 0.6) is 0 Å². The number of aryl methyl sites for hydroxylation is 1. The van der Waals surface area contributed by atoms with Gasteiger partial charge in [0.15, 0.2) is 5.82 Å². The molecular formula is C18H19N5O4. The van der Waals surface area contributed by atoms with Crippen LogP contribution in [0.2, 0.25) is 0 Å². The van der Waals surface area contributed by atoms with Crippen LogP contribution in [-0.4, -0.2) is 32.8 Å². The summed E-state index contributed by atoms with van der Waals surface area (Å²) in [6.07, 6.45) is 2.33. The van der Waals surface area contributed by atoms with Crippen molar-refractivity contribution < 1.29 is 18.6 Å². The van der Waals surface area contributed by atoms with Gasteiger partial charge < -0.3 is 19.1 Å². The fourth-order valence-electron chi connectivity index (χ4n) is 2.79. The van der Waals surface area contributed by atoms with Crippen LogP contribution in [-0.2, 0) is 22.5 Å². The summed E-state index contributed by atoms with van der Waals surface area (Å²) in [6.45, 7) is 0.912. The number of hydrogen-bond donors (Lipinski definition) is 1. The summed E-state index contributed by atoms with van der Waals surface area (Å²) >= 11 is 0. The van der Waals surface area contributed by atoms with Crippen molar-refractivity contribution in [3.8, 4) is 11.4 Å². The quantitative estimate of drug-likeness (QED) is 0.674. The fraction of sp³-hybridized carbons (Fsp3) is 0.389. The Morgan fingerprint density at radius 3 is 2.85 bits per heavy atom. The standard InChI is InChI=1S/C18H19N5O4/c24-15(19-11-14-20-18(27-22-14)13-7-4-10-25-13)8-9-16-21-17(23-26-16)12-5-2-1-3-6-12/h1-3,5-6,13H,4,7-11H2,(H,19,24)/t13-/m0/s1. The van der Waals surface area contributed by atoms with E-state index >= 15 is 0 Å². The van der Waals surface area contributed by atoms with Crippen LogP contribution in [0.3, 0.4) is 0 Å². The maximum atomic E-state index is 12.0. The maximum absolute atomic E-state index is 12.0. The van der Waals surface area contributed by atoms with Gasteiger partial charge in [-0.1, -0.05) is 40.6 Å². The predicted molar refractivity (Wildman–Crippen MR) is 92.1 cm³/mol. The van der Waals surface area contributed by atoms with E-state index in [4.69, 9.17) is 13.8 Å². The maximum Gasteiger partial charge on any atom is 0.255 e. The monoisotopic (exact) mass is 369 g/mol. The van der Waals surface area contributed by atoms with Gasteiger partial charge in [-0.25, -0.2) is 0 Å². The average molecular weight is 369 g/mol. The van der Waals surface area contributed by atoms with Crippen molar-refractivity contribution in [2.24, 2.45) is 0 Å². The van der Waals surface area contributed by atoms with Crippen LogP contribution in [0.4, 0.5) is 0 Å². The molecule has 4 rings (SSSR count). The van der Waals surface area contributed by atoms with E-state index in [-0.39, 0.29) is 25.0 Å². The lowest BCUT2D eigenvalue weighted by molar-refractivity contribution is -0.121. The van der Waals surface area contributed by atoms with Gasteiger partial charge in [-0.15, -0.1) is 0 Å². The molecule has 1 saturated heterocycles. The van der Waals surface area contributed by atoms with Gasteiger partial charge in [-0.2, -0.15) is 9.97 Å². The number of amides is 1. The van der Waals surface area contributed by atoms with E-state index in [1.807, 2.05) is 30.3 Å². The van der Waals surface area contributed by atoms with Gasteiger partial charge in [-0.3, -0.25) is 4.79 Å². The Kier molecular flexibility index (Phi) is 5.20. The highest BCUT2D eigenvalue weighted by Gasteiger charge is 2.23. The highest BCUT2D eigenvalue weighted by atomic mass is 16.5. The third-order valence-corrected chi connectivity index (χ3v) is 4.20. The zero-order chi connectivity index (χ0) is 18.5. The number of aromatic nitrogens is 4. The molecule has 9 heteroatoms. The van der Waals surface area contributed by atoms with Crippen molar-refractivity contribution in [2.75, 3.05) is 6.61 Å². The second-order valence-electron chi connectivity index (χ2n) is 6.20. The van der Waals surface area contributed by atoms with Crippen molar-refractivity contribution in [1.29, 1.82) is 0 Å². The average Bonchev–Trinajstić information content (AvgIpc) is 3.47. The van der Waals surface area contributed by atoms with E-state index in [1.165, 1.54) is 0 Å². The first-order valence-corrected chi connectivity index (χ1v) is 8.87. The van der Waals surface area contributed by atoms with E-state index in [2.05, 4.69) is 25.6 Å². The Morgan fingerprint density at radius 1 is 1.15 bits per heavy atom. The Labute approximate surface area is 155 Å². The van der Waals surface area contributed by atoms with Gasteiger partial charge in [0.2, 0.25) is 17.6 Å². The number of hydrogen-bond acceptors (Lipinski definition) is 8. The lowest BCUT2D eigenvalue weighted by atomic mass is 10.2. The molecule has 2 aromatic heterocycles. The van der Waals surface area contributed by atoms with Gasteiger partial charge in [0.25, 0.3) is 5.89 Å². The van der Waals surface area contributed by atoms with Crippen molar-refractivity contribution in [1.82, 2.24) is 25.6 Å². The topological polar surface area (TPSA) is 116 Å². The molecule has 0 saturated carbocycles. The van der Waals surface area contributed by atoms with Crippen molar-refractivity contribution in [3.63, 3.8) is 0 Å². The minimum absolute atomic E-state index is 0.127. The zero-order valence-corrected chi connectivity index (χ0v) is 14.6. The summed E-state index contributed by atoms with van der Waals surface area (Å²) < 4.78 is 15.9. The highest BCUT2D eigenvalue weighted by Crippen LogP contribution is 2.26. The van der Waals surface area contributed by atoms with Crippen LogP contribution in [0.15, 0.2) is 39.4 Å². The largest absolute Gasteiger partial charge is 0.368 e. The Hall–Kier alpha value is -3.07. The van der Waals surface area contributed by atoms with Crippen molar-refractivity contribution in [2.45, 2.75) is 38.3 Å². The molecule has 27 heavy (non-hydrogen) atoms. The van der Waals surface area contributed by atoms with E-state index in [1.54, 1.807) is 0 Å². The van der Waals surface area contributed by atoms with Crippen LogP contribution in [0.1, 0.15) is 43.0 Å². The summed E-state index contributed by atoms with van der Waals surface area (Å²) in [4.78, 5) is 20.6. The van der Waals surface area contributed by atoms with Crippen LogP contribution in [0, 0.1) is 0 Å². The fourth-order valence-corrected chi connectivity index (χ4v) is 2.79. The molecule has 0 unspecified atom stereocenters. The molecule has 1 fully saturated rings. The number of ether oxygens (including phenoxy) is 1. The molecule has 1 aromatic carbocycles. The highest BCUT2D eigenvalue weighted by molar-refractivity contribution is 5.75. The third kappa shape index (κ3) is 4.37. The summed E-state index contributed by atoms with van der Waals surface area (Å²) in [5, 5.41) is 10.6. The molecule has 0 spiro atoms. The van der Waals surface area contributed by atoms with Crippen LogP contribution < -0.4 is 5.32 Å². The molecule has 0 radical (unpaired) electrons. The Bertz CT molecular complexity index is 886. The number of rotatable bonds is 7. The van der Waals surface area contributed by atoms with Gasteiger partial charge in [0, 0.05) is 25.0 Å². The summed E-state index contributed by atoms with van der Waals surface area (Å²) in [7, 11) is 0. The molecule has 0 aliphatic carbocycles. The van der Waals surface area contributed by atoms with Gasteiger partial charge >= 0.3 is 0 Å². The molecule has 1 amide bonds. The Morgan fingerprint density at radius 2 is 2.04 bits per heavy atom. The van der Waals surface area contributed by atoms with Crippen molar-refractivity contribution >= 4 is 5.91 Å². The second kappa shape index (κ2) is 8.09. The molecule has 1 N–H and O–H groups in total. The molecule has 3 heterocycles. The molecular weight excluding hydrogens is 350 g/mol. The number of carbonyl (C=O) groups excluding carboxylic acids is 1. The van der Waals surface area contributed by atoms with Gasteiger partial charge in [0.1, 0.15) is 6.10 Å².